The van der Waals surface area contributed by atoms with Gasteiger partial charge in [-0.05, 0) is 37.0 Å². The van der Waals surface area contributed by atoms with Crippen LogP contribution in [0.25, 0.3) is 0 Å². The molecule has 0 aliphatic heterocycles. The summed E-state index contributed by atoms with van der Waals surface area (Å²) in [6.07, 6.45) is 3.03. The van der Waals surface area contributed by atoms with Crippen molar-refractivity contribution in [3.8, 4) is 0 Å². The van der Waals surface area contributed by atoms with Crippen molar-refractivity contribution in [1.82, 2.24) is 4.98 Å². The second-order valence-corrected chi connectivity index (χ2v) is 3.83. The number of aromatic nitrogens is 1. The van der Waals surface area contributed by atoms with Crippen LogP contribution in [0.4, 0.5) is 5.82 Å². The summed E-state index contributed by atoms with van der Waals surface area (Å²) in [5, 5.41) is 3.31. The highest BCUT2D eigenvalue weighted by molar-refractivity contribution is 5.36. The van der Waals surface area contributed by atoms with Gasteiger partial charge in [0.25, 0.3) is 0 Å². The van der Waals surface area contributed by atoms with Crippen LogP contribution in [0.1, 0.15) is 25.8 Å². The van der Waals surface area contributed by atoms with Crippen molar-refractivity contribution >= 4 is 5.82 Å². The molecule has 0 amide bonds. The summed E-state index contributed by atoms with van der Waals surface area (Å²) in [5.41, 5.74) is 1.25. The zero-order valence-corrected chi connectivity index (χ0v) is 8.67. The molecule has 1 N–H and O–H groups in total. The summed E-state index contributed by atoms with van der Waals surface area (Å²) >= 11 is 0. The molecule has 0 radical (unpaired) electrons. The first-order chi connectivity index (χ1) is 6.18. The number of nitrogens with one attached hydrogen (secondary N) is 1. The van der Waals surface area contributed by atoms with Gasteiger partial charge in [0.1, 0.15) is 5.82 Å². The van der Waals surface area contributed by atoms with Gasteiger partial charge in [-0.2, -0.15) is 0 Å². The summed E-state index contributed by atoms with van der Waals surface area (Å²) in [5.74, 6) is 1.73. The van der Waals surface area contributed by atoms with Crippen molar-refractivity contribution in [2.24, 2.45) is 5.92 Å². The van der Waals surface area contributed by atoms with E-state index < -0.39 is 0 Å². The molecule has 2 nitrogen and oxygen atoms in total. The molecule has 0 aromatic carbocycles. The maximum absolute atomic E-state index is 4.23. The van der Waals surface area contributed by atoms with Crippen molar-refractivity contribution in [1.29, 1.82) is 0 Å². The van der Waals surface area contributed by atoms with Crippen LogP contribution in [-0.2, 0) is 0 Å². The van der Waals surface area contributed by atoms with Crippen molar-refractivity contribution in [2.45, 2.75) is 27.2 Å². The first-order valence-corrected chi connectivity index (χ1v) is 4.85. The zero-order valence-electron chi connectivity index (χ0n) is 8.67. The van der Waals surface area contributed by atoms with E-state index in [9.17, 15) is 0 Å². The number of rotatable bonds is 4. The molecule has 0 unspecified atom stereocenters. The summed E-state index contributed by atoms with van der Waals surface area (Å²) in [7, 11) is 0. The fourth-order valence-corrected chi connectivity index (χ4v) is 1.12. The third kappa shape index (κ3) is 3.92. The van der Waals surface area contributed by atoms with Gasteiger partial charge in [-0.25, -0.2) is 4.98 Å². The molecule has 1 rings (SSSR count). The molecule has 72 valence electrons. The Morgan fingerprint density at radius 2 is 2.23 bits per heavy atom. The Kier molecular flexibility index (Phi) is 3.74. The van der Waals surface area contributed by atoms with Gasteiger partial charge in [-0.1, -0.05) is 13.8 Å². The highest BCUT2D eigenvalue weighted by atomic mass is 15.0. The van der Waals surface area contributed by atoms with Crippen molar-refractivity contribution in [3.63, 3.8) is 0 Å². The normalized spacial score (nSPS) is 10.5. The SMILES string of the molecule is Cc1ccnc(NCCC(C)C)c1. The number of pyridine rings is 1. The lowest BCUT2D eigenvalue weighted by molar-refractivity contribution is 0.606. The summed E-state index contributed by atoms with van der Waals surface area (Å²) in [6, 6.07) is 4.08. The Morgan fingerprint density at radius 3 is 2.85 bits per heavy atom. The minimum absolute atomic E-state index is 0.748. The van der Waals surface area contributed by atoms with Crippen LogP contribution in [0.5, 0.6) is 0 Å². The molecule has 0 fully saturated rings. The highest BCUT2D eigenvalue weighted by Gasteiger charge is 1.95. The lowest BCUT2D eigenvalue weighted by atomic mass is 10.1. The molecule has 0 saturated heterocycles. The molecular weight excluding hydrogens is 160 g/mol. The van der Waals surface area contributed by atoms with E-state index in [0.29, 0.717) is 0 Å². The second kappa shape index (κ2) is 4.85. The Hall–Kier alpha value is -1.05. The second-order valence-electron chi connectivity index (χ2n) is 3.83. The molecule has 1 aromatic heterocycles. The average molecular weight is 178 g/mol. The highest BCUT2D eigenvalue weighted by Crippen LogP contribution is 2.06. The van der Waals surface area contributed by atoms with Gasteiger partial charge in [0.2, 0.25) is 0 Å². The van der Waals surface area contributed by atoms with Gasteiger partial charge in [0.05, 0.1) is 0 Å². The van der Waals surface area contributed by atoms with Crippen LogP contribution in [0.15, 0.2) is 18.3 Å². The summed E-state index contributed by atoms with van der Waals surface area (Å²) in [6.45, 7) is 7.54. The van der Waals surface area contributed by atoms with Crippen LogP contribution in [0.2, 0.25) is 0 Å². The van der Waals surface area contributed by atoms with Gasteiger partial charge in [-0.3, -0.25) is 0 Å². The monoisotopic (exact) mass is 178 g/mol. The number of nitrogens with zero attached hydrogens (tertiary/aromatic N) is 1. The Balaban J connectivity index is 2.37. The number of hydrogen-bond acceptors (Lipinski definition) is 2. The Morgan fingerprint density at radius 1 is 1.46 bits per heavy atom. The average Bonchev–Trinajstić information content (AvgIpc) is 2.03. The van der Waals surface area contributed by atoms with Crippen LogP contribution in [0, 0.1) is 12.8 Å². The molecule has 0 atom stereocenters. The Bertz CT molecular complexity index is 256. The first kappa shape index (κ1) is 10.0. The van der Waals surface area contributed by atoms with Gasteiger partial charge in [0.15, 0.2) is 0 Å². The molecule has 13 heavy (non-hydrogen) atoms. The predicted molar refractivity (Wildman–Crippen MR) is 56.9 cm³/mol. The maximum atomic E-state index is 4.23. The van der Waals surface area contributed by atoms with Crippen LogP contribution in [-0.4, -0.2) is 11.5 Å². The van der Waals surface area contributed by atoms with Gasteiger partial charge in [-0.15, -0.1) is 0 Å². The largest absolute Gasteiger partial charge is 0.370 e. The van der Waals surface area contributed by atoms with E-state index in [1.54, 1.807) is 0 Å². The molecule has 0 spiro atoms. The predicted octanol–water partition coefficient (Wildman–Crippen LogP) is 2.85. The number of hydrogen-bond donors (Lipinski definition) is 1. The smallest absolute Gasteiger partial charge is 0.126 e. The molecule has 0 bridgehead atoms. The van der Waals surface area contributed by atoms with E-state index in [4.69, 9.17) is 0 Å². The van der Waals surface area contributed by atoms with Crippen LogP contribution >= 0.6 is 0 Å². The Labute approximate surface area is 80.4 Å². The fraction of sp³-hybridized carbons (Fsp3) is 0.545. The van der Waals surface area contributed by atoms with Crippen molar-refractivity contribution < 1.29 is 0 Å². The van der Waals surface area contributed by atoms with Crippen LogP contribution in [0.3, 0.4) is 0 Å². The minimum Gasteiger partial charge on any atom is -0.370 e. The minimum atomic E-state index is 0.748. The zero-order chi connectivity index (χ0) is 9.68. The van der Waals surface area contributed by atoms with Crippen LogP contribution < -0.4 is 5.32 Å². The third-order valence-corrected chi connectivity index (χ3v) is 1.94. The molecule has 0 aliphatic rings. The van der Waals surface area contributed by atoms with E-state index in [1.165, 1.54) is 12.0 Å². The van der Waals surface area contributed by atoms with Crippen molar-refractivity contribution in [2.75, 3.05) is 11.9 Å². The van der Waals surface area contributed by atoms with Gasteiger partial charge < -0.3 is 5.32 Å². The topological polar surface area (TPSA) is 24.9 Å². The van der Waals surface area contributed by atoms with Gasteiger partial charge in [0, 0.05) is 12.7 Å². The lowest BCUT2D eigenvalue weighted by Gasteiger charge is -2.07. The lowest BCUT2D eigenvalue weighted by Crippen LogP contribution is -2.05. The molecule has 0 saturated carbocycles. The molecular formula is C11H18N2. The number of anilines is 1. The third-order valence-electron chi connectivity index (χ3n) is 1.94. The van der Waals surface area contributed by atoms with E-state index >= 15 is 0 Å². The van der Waals surface area contributed by atoms with E-state index in [0.717, 1.165) is 18.3 Å². The van der Waals surface area contributed by atoms with Gasteiger partial charge >= 0.3 is 0 Å². The molecule has 0 aliphatic carbocycles. The molecule has 1 aromatic rings. The van der Waals surface area contributed by atoms with E-state index in [-0.39, 0.29) is 0 Å². The maximum Gasteiger partial charge on any atom is 0.126 e. The van der Waals surface area contributed by atoms with E-state index in [2.05, 4.69) is 37.1 Å². The van der Waals surface area contributed by atoms with Crippen molar-refractivity contribution in [3.05, 3.63) is 23.9 Å². The molecule has 1 heterocycles. The summed E-state index contributed by atoms with van der Waals surface area (Å²) < 4.78 is 0. The standard InChI is InChI=1S/C11H18N2/c1-9(2)4-6-12-11-8-10(3)5-7-13-11/h5,7-9H,4,6H2,1-3H3,(H,12,13). The first-order valence-electron chi connectivity index (χ1n) is 4.85. The summed E-state index contributed by atoms with van der Waals surface area (Å²) in [4.78, 5) is 4.23. The van der Waals surface area contributed by atoms with E-state index in [1.807, 2.05) is 12.3 Å². The fourth-order valence-electron chi connectivity index (χ4n) is 1.12. The molecule has 2 heteroatoms. The quantitative estimate of drug-likeness (QED) is 0.766. The number of aryl methyl sites for hydroxylation is 1.